The van der Waals surface area contributed by atoms with Crippen molar-refractivity contribution in [3.8, 4) is 5.69 Å². The number of carbonyl (C=O) groups is 1. The minimum absolute atomic E-state index is 0.309. The predicted octanol–water partition coefficient (Wildman–Crippen LogP) is 1.97. The lowest BCUT2D eigenvalue weighted by atomic mass is 10.3. The number of carbonyl (C=O) groups excluding carboxylic acids is 1. The largest absolute Gasteiger partial charge is 0.343 e. The van der Waals surface area contributed by atoms with Crippen molar-refractivity contribution in [3.05, 3.63) is 48.3 Å². The van der Waals surface area contributed by atoms with E-state index in [1.807, 2.05) is 52.3 Å². The summed E-state index contributed by atoms with van der Waals surface area (Å²) < 4.78 is 1.89. The first-order valence-electron chi connectivity index (χ1n) is 7.90. The Bertz CT molecular complexity index is 608. The molecule has 1 saturated heterocycles. The van der Waals surface area contributed by atoms with E-state index in [-0.39, 0.29) is 0 Å². The first-order valence-corrected chi connectivity index (χ1v) is 7.90. The van der Waals surface area contributed by atoms with Crippen LogP contribution in [0.2, 0.25) is 0 Å². The molecular formula is C17H22N4O. The second kappa shape index (κ2) is 7.22. The van der Waals surface area contributed by atoms with E-state index in [2.05, 4.69) is 10.4 Å². The third kappa shape index (κ3) is 3.74. The molecule has 2 heterocycles. The Labute approximate surface area is 130 Å². The molecule has 22 heavy (non-hydrogen) atoms. The number of hydrogen-bond acceptors (Lipinski definition) is 3. The minimum Gasteiger partial charge on any atom is -0.343 e. The molecule has 1 amide bonds. The molecular weight excluding hydrogens is 276 g/mol. The van der Waals surface area contributed by atoms with Gasteiger partial charge in [-0.25, -0.2) is 4.68 Å². The van der Waals surface area contributed by atoms with Gasteiger partial charge in [0, 0.05) is 37.8 Å². The summed E-state index contributed by atoms with van der Waals surface area (Å²) in [5.74, 6) is 0.309. The number of para-hydroxylation sites is 1. The van der Waals surface area contributed by atoms with Crippen molar-refractivity contribution in [2.45, 2.75) is 25.8 Å². The Kier molecular flexibility index (Phi) is 4.85. The van der Waals surface area contributed by atoms with Crippen LogP contribution in [0, 0.1) is 0 Å². The van der Waals surface area contributed by atoms with Gasteiger partial charge in [0.1, 0.15) is 0 Å². The topological polar surface area (TPSA) is 50.2 Å². The Hall–Kier alpha value is -2.14. The lowest BCUT2D eigenvalue weighted by Gasteiger charge is -2.15. The van der Waals surface area contributed by atoms with Crippen molar-refractivity contribution in [1.82, 2.24) is 20.0 Å². The number of aromatic nitrogens is 2. The van der Waals surface area contributed by atoms with Crippen molar-refractivity contribution < 1.29 is 4.79 Å². The molecule has 5 nitrogen and oxygen atoms in total. The van der Waals surface area contributed by atoms with Crippen molar-refractivity contribution in [3.63, 3.8) is 0 Å². The van der Waals surface area contributed by atoms with Crippen LogP contribution in [-0.2, 0) is 11.3 Å². The van der Waals surface area contributed by atoms with E-state index in [1.165, 1.54) is 5.56 Å². The molecule has 116 valence electrons. The lowest BCUT2D eigenvalue weighted by molar-refractivity contribution is -0.127. The van der Waals surface area contributed by atoms with E-state index in [1.54, 1.807) is 0 Å². The van der Waals surface area contributed by atoms with Crippen LogP contribution in [0.5, 0.6) is 0 Å². The molecule has 1 aromatic heterocycles. The van der Waals surface area contributed by atoms with Gasteiger partial charge in [0.2, 0.25) is 5.91 Å². The maximum absolute atomic E-state index is 11.5. The molecule has 5 heteroatoms. The van der Waals surface area contributed by atoms with E-state index in [0.29, 0.717) is 5.91 Å². The summed E-state index contributed by atoms with van der Waals surface area (Å²) in [5, 5.41) is 7.80. The van der Waals surface area contributed by atoms with Gasteiger partial charge in [-0.2, -0.15) is 5.10 Å². The van der Waals surface area contributed by atoms with Crippen molar-refractivity contribution in [2.75, 3.05) is 19.6 Å². The summed E-state index contributed by atoms with van der Waals surface area (Å²) in [6.45, 7) is 3.53. The summed E-state index contributed by atoms with van der Waals surface area (Å²) in [7, 11) is 0. The highest BCUT2D eigenvalue weighted by Crippen LogP contribution is 2.10. The highest BCUT2D eigenvalue weighted by atomic mass is 16.2. The number of nitrogens with one attached hydrogen (secondary N) is 1. The molecule has 1 aliphatic rings. The van der Waals surface area contributed by atoms with Crippen molar-refractivity contribution in [2.24, 2.45) is 0 Å². The van der Waals surface area contributed by atoms with E-state index in [4.69, 9.17) is 0 Å². The first kappa shape index (κ1) is 14.8. The fraction of sp³-hybridized carbons (Fsp3) is 0.412. The van der Waals surface area contributed by atoms with E-state index < -0.39 is 0 Å². The molecule has 1 N–H and O–H groups in total. The zero-order valence-electron chi connectivity index (χ0n) is 12.7. The smallest absolute Gasteiger partial charge is 0.222 e. The van der Waals surface area contributed by atoms with Crippen LogP contribution in [0.25, 0.3) is 5.69 Å². The average Bonchev–Trinajstić information content (AvgIpc) is 3.17. The number of nitrogens with zero attached hydrogens (tertiary/aromatic N) is 3. The average molecular weight is 298 g/mol. The maximum atomic E-state index is 11.5. The standard InChI is InChI=1S/C17H22N4O/c22-17-8-4-10-20(17)11-5-9-18-12-15-13-19-21(14-15)16-6-2-1-3-7-16/h1-3,6-7,13-14,18H,4-5,8-12H2. The predicted molar refractivity (Wildman–Crippen MR) is 85.7 cm³/mol. The van der Waals surface area contributed by atoms with Crippen molar-refractivity contribution >= 4 is 5.91 Å². The van der Waals surface area contributed by atoms with Gasteiger partial charge in [-0.1, -0.05) is 18.2 Å². The molecule has 2 aromatic rings. The fourth-order valence-corrected chi connectivity index (χ4v) is 2.74. The molecule has 3 rings (SSSR count). The molecule has 1 fully saturated rings. The molecule has 0 aliphatic carbocycles. The number of amides is 1. The Morgan fingerprint density at radius 2 is 2.09 bits per heavy atom. The molecule has 0 saturated carbocycles. The van der Waals surface area contributed by atoms with Gasteiger partial charge in [0.15, 0.2) is 0 Å². The van der Waals surface area contributed by atoms with Crippen LogP contribution in [0.15, 0.2) is 42.7 Å². The van der Waals surface area contributed by atoms with Crippen LogP contribution in [0.1, 0.15) is 24.8 Å². The summed E-state index contributed by atoms with van der Waals surface area (Å²) in [6, 6.07) is 10.1. The molecule has 0 atom stereocenters. The molecule has 0 bridgehead atoms. The van der Waals surface area contributed by atoms with Gasteiger partial charge in [0.05, 0.1) is 11.9 Å². The Morgan fingerprint density at radius 3 is 2.86 bits per heavy atom. The molecule has 1 aliphatic heterocycles. The Morgan fingerprint density at radius 1 is 1.23 bits per heavy atom. The van der Waals surface area contributed by atoms with Gasteiger partial charge < -0.3 is 10.2 Å². The zero-order valence-corrected chi connectivity index (χ0v) is 12.7. The maximum Gasteiger partial charge on any atom is 0.222 e. The summed E-state index contributed by atoms with van der Waals surface area (Å²) in [4.78, 5) is 13.5. The Balaban J connectivity index is 1.39. The molecule has 0 radical (unpaired) electrons. The van der Waals surface area contributed by atoms with Gasteiger partial charge in [-0.05, 0) is 31.5 Å². The van der Waals surface area contributed by atoms with Crippen LogP contribution in [0.3, 0.4) is 0 Å². The monoisotopic (exact) mass is 298 g/mol. The number of likely N-dealkylation sites (tertiary alicyclic amines) is 1. The van der Waals surface area contributed by atoms with Gasteiger partial charge in [-0.15, -0.1) is 0 Å². The van der Waals surface area contributed by atoms with Gasteiger partial charge >= 0.3 is 0 Å². The summed E-state index contributed by atoms with van der Waals surface area (Å²) in [5.41, 5.74) is 2.24. The quantitative estimate of drug-likeness (QED) is 0.795. The second-order valence-electron chi connectivity index (χ2n) is 5.64. The molecule has 1 aromatic carbocycles. The minimum atomic E-state index is 0.309. The third-order valence-electron chi connectivity index (χ3n) is 3.94. The zero-order chi connectivity index (χ0) is 15.2. The highest BCUT2D eigenvalue weighted by Gasteiger charge is 2.18. The second-order valence-corrected chi connectivity index (χ2v) is 5.64. The number of rotatable bonds is 7. The summed E-state index contributed by atoms with van der Waals surface area (Å²) in [6.07, 6.45) is 6.69. The van der Waals surface area contributed by atoms with E-state index >= 15 is 0 Å². The van der Waals surface area contributed by atoms with Crippen LogP contribution < -0.4 is 5.32 Å². The molecule has 0 unspecified atom stereocenters. The number of benzene rings is 1. The highest BCUT2D eigenvalue weighted by molar-refractivity contribution is 5.77. The van der Waals surface area contributed by atoms with Crippen LogP contribution >= 0.6 is 0 Å². The van der Waals surface area contributed by atoms with Crippen LogP contribution in [0.4, 0.5) is 0 Å². The van der Waals surface area contributed by atoms with E-state index in [9.17, 15) is 4.79 Å². The van der Waals surface area contributed by atoms with Gasteiger partial charge in [0.25, 0.3) is 0 Å². The lowest BCUT2D eigenvalue weighted by Crippen LogP contribution is -2.28. The fourth-order valence-electron chi connectivity index (χ4n) is 2.74. The SMILES string of the molecule is O=C1CCCN1CCCNCc1cnn(-c2ccccc2)c1. The first-order chi connectivity index (χ1) is 10.8. The third-order valence-corrected chi connectivity index (χ3v) is 3.94. The number of hydrogen-bond donors (Lipinski definition) is 1. The summed E-state index contributed by atoms with van der Waals surface area (Å²) >= 11 is 0. The van der Waals surface area contributed by atoms with Gasteiger partial charge in [-0.3, -0.25) is 4.79 Å². The normalized spacial score (nSPS) is 14.7. The van der Waals surface area contributed by atoms with Crippen LogP contribution in [-0.4, -0.2) is 40.2 Å². The molecule has 0 spiro atoms. The van der Waals surface area contributed by atoms with E-state index in [0.717, 1.165) is 51.1 Å². The van der Waals surface area contributed by atoms with Crippen molar-refractivity contribution in [1.29, 1.82) is 0 Å².